The molecule has 0 aromatic carbocycles. The molecule has 0 rings (SSSR count). The average molecular weight is 135 g/mol. The van der Waals surface area contributed by atoms with Crippen LogP contribution in [0.5, 0.6) is 0 Å². The first-order valence-corrected chi connectivity index (χ1v) is 1.77. The summed E-state index contributed by atoms with van der Waals surface area (Å²) in [6.07, 6.45) is 0. The van der Waals surface area contributed by atoms with Gasteiger partial charge in [0.05, 0.1) is 0 Å². The molecule has 35 valence electrons. The molecule has 0 unspecified atom stereocenters. The van der Waals surface area contributed by atoms with Gasteiger partial charge in [-0.25, -0.2) is 0 Å². The van der Waals surface area contributed by atoms with Gasteiger partial charge in [0.1, 0.15) is 0 Å². The molecule has 0 saturated heterocycles. The third kappa shape index (κ3) is 11.6. The predicted molar refractivity (Wildman–Crippen MR) is 21.3 cm³/mol. The molecule has 3 heteroatoms. The maximum absolute atomic E-state index is 4.92. The van der Waals surface area contributed by atoms with Crippen molar-refractivity contribution in [2.75, 3.05) is 12.3 Å². The second kappa shape index (κ2) is 8.84. The van der Waals surface area contributed by atoms with Gasteiger partial charge in [-0.3, -0.25) is 0 Å². The van der Waals surface area contributed by atoms with Crippen LogP contribution in [0.4, 0.5) is 0 Å². The Morgan fingerprint density at radius 3 is 1.80 bits per heavy atom. The van der Waals surface area contributed by atoms with E-state index in [0.717, 1.165) is 0 Å². The van der Waals surface area contributed by atoms with Crippen LogP contribution < -0.4 is 5.73 Å². The van der Waals surface area contributed by atoms with E-state index in [-0.39, 0.29) is 16.8 Å². The van der Waals surface area contributed by atoms with Gasteiger partial charge in [-0.2, -0.15) is 5.75 Å². The Balaban J connectivity index is 0. The Morgan fingerprint density at radius 2 is 1.80 bits per heavy atom. The maximum atomic E-state index is 4.92. The smallest absolute Gasteiger partial charge is 0 e. The van der Waals surface area contributed by atoms with Gasteiger partial charge in [-0.1, -0.05) is 0 Å². The molecule has 0 aliphatic rings. The van der Waals surface area contributed by atoms with Gasteiger partial charge < -0.3 is 18.4 Å². The summed E-state index contributed by atoms with van der Waals surface area (Å²) in [5.74, 6) is 0.681. The van der Waals surface area contributed by atoms with E-state index in [1.165, 1.54) is 0 Å². The molecule has 0 heterocycles. The van der Waals surface area contributed by atoms with E-state index >= 15 is 0 Å². The van der Waals surface area contributed by atoms with Crippen molar-refractivity contribution in [1.29, 1.82) is 0 Å². The summed E-state index contributed by atoms with van der Waals surface area (Å²) >= 11 is 4.43. The minimum absolute atomic E-state index is 0. The van der Waals surface area contributed by atoms with Crippen molar-refractivity contribution in [2.24, 2.45) is 5.73 Å². The largest absolute Gasteiger partial charge is 0.791 e. The van der Waals surface area contributed by atoms with E-state index in [9.17, 15) is 0 Å². The molecule has 0 aromatic heterocycles. The summed E-state index contributed by atoms with van der Waals surface area (Å²) in [5.41, 5.74) is 4.92. The van der Waals surface area contributed by atoms with Crippen LogP contribution in [0.2, 0.25) is 0 Å². The summed E-state index contributed by atoms with van der Waals surface area (Å²) in [6.45, 7) is 0.634. The fourth-order valence-electron chi connectivity index (χ4n) is 0. The molecule has 0 spiro atoms. The van der Waals surface area contributed by atoms with Gasteiger partial charge in [0.2, 0.25) is 0 Å². The second-order valence-electron chi connectivity index (χ2n) is 0.493. The Bertz CT molecular complexity index is 11.6. The Labute approximate surface area is 47.9 Å². The predicted octanol–water partition coefficient (Wildman–Crippen LogP) is -0.510. The Kier molecular flexibility index (Phi) is 16.4. The first-order chi connectivity index (χ1) is 1.91. The monoisotopic (exact) mass is 135 g/mol. The molecule has 0 bridgehead atoms. The van der Waals surface area contributed by atoms with Crippen LogP contribution in [-0.2, 0) is 29.4 Å². The van der Waals surface area contributed by atoms with Crippen LogP contribution in [0.1, 0.15) is 0 Å². The van der Waals surface area contributed by atoms with Crippen LogP contribution in [0.3, 0.4) is 0 Å². The standard InChI is InChI=1S/C2H7NS.Co/c3-1-2-4;/h4H,1-3H2;/p-1. The van der Waals surface area contributed by atoms with Gasteiger partial charge in [-0.15, -0.1) is 0 Å². The minimum Gasteiger partial charge on any atom is -0.791 e. The zero-order valence-electron chi connectivity index (χ0n) is 2.73. The fourth-order valence-corrected chi connectivity index (χ4v) is 0. The van der Waals surface area contributed by atoms with Crippen LogP contribution in [-0.4, -0.2) is 12.3 Å². The molecule has 1 nitrogen and oxygen atoms in total. The molecule has 0 atom stereocenters. The molecule has 1 radical (unpaired) electrons. The van der Waals surface area contributed by atoms with E-state index in [0.29, 0.717) is 12.3 Å². The molecular weight excluding hydrogens is 129 g/mol. The third-order valence-corrected chi connectivity index (χ3v) is 0.354. The van der Waals surface area contributed by atoms with Crippen molar-refractivity contribution in [1.82, 2.24) is 0 Å². The van der Waals surface area contributed by atoms with Gasteiger partial charge in [0, 0.05) is 16.8 Å². The minimum atomic E-state index is 0. The van der Waals surface area contributed by atoms with Crippen molar-refractivity contribution in [3.8, 4) is 0 Å². The van der Waals surface area contributed by atoms with Gasteiger partial charge >= 0.3 is 0 Å². The van der Waals surface area contributed by atoms with Crippen LogP contribution in [0, 0.1) is 0 Å². The van der Waals surface area contributed by atoms with Crippen LogP contribution >= 0.6 is 0 Å². The van der Waals surface area contributed by atoms with E-state index in [2.05, 4.69) is 12.6 Å². The first-order valence-electron chi connectivity index (χ1n) is 1.20. The summed E-state index contributed by atoms with van der Waals surface area (Å²) in [6, 6.07) is 0. The Morgan fingerprint density at radius 1 is 1.60 bits per heavy atom. The maximum Gasteiger partial charge on any atom is 0 e. The number of hydrogen-bond acceptors (Lipinski definition) is 2. The molecule has 5 heavy (non-hydrogen) atoms. The number of hydrogen-bond donors (Lipinski definition) is 1. The molecule has 2 N–H and O–H groups in total. The normalized spacial score (nSPS) is 6.00. The quantitative estimate of drug-likeness (QED) is 0.490. The topological polar surface area (TPSA) is 26.0 Å². The molecule has 0 fully saturated rings. The molecule has 0 amide bonds. The zero-order valence-corrected chi connectivity index (χ0v) is 4.59. The summed E-state index contributed by atoms with van der Waals surface area (Å²) < 4.78 is 0. The van der Waals surface area contributed by atoms with Crippen molar-refractivity contribution in [3.05, 3.63) is 0 Å². The van der Waals surface area contributed by atoms with Gasteiger partial charge in [-0.05, 0) is 6.54 Å². The summed E-state index contributed by atoms with van der Waals surface area (Å²) in [4.78, 5) is 0. The van der Waals surface area contributed by atoms with Crippen molar-refractivity contribution in [2.45, 2.75) is 0 Å². The van der Waals surface area contributed by atoms with Crippen molar-refractivity contribution in [3.63, 3.8) is 0 Å². The van der Waals surface area contributed by atoms with Gasteiger partial charge in [0.25, 0.3) is 0 Å². The zero-order chi connectivity index (χ0) is 3.41. The Hall–Kier alpha value is 0.816. The average Bonchev–Trinajstić information content (AvgIpc) is 1.37. The number of nitrogens with two attached hydrogens (primary N) is 1. The molecule has 0 aromatic rings. The summed E-state index contributed by atoms with van der Waals surface area (Å²) in [7, 11) is 0. The first kappa shape index (κ1) is 9.26. The van der Waals surface area contributed by atoms with Crippen LogP contribution in [0.15, 0.2) is 0 Å². The number of rotatable bonds is 1. The van der Waals surface area contributed by atoms with E-state index in [1.807, 2.05) is 0 Å². The molecule has 0 aliphatic carbocycles. The fraction of sp³-hybridized carbons (Fsp3) is 1.00. The van der Waals surface area contributed by atoms with E-state index in [4.69, 9.17) is 5.73 Å². The van der Waals surface area contributed by atoms with Crippen molar-refractivity contribution < 1.29 is 16.8 Å². The molecule has 0 aliphatic heterocycles. The van der Waals surface area contributed by atoms with E-state index in [1.54, 1.807) is 0 Å². The SMILES string of the molecule is NCC[S-].[Co]. The van der Waals surface area contributed by atoms with Crippen molar-refractivity contribution >= 4 is 12.6 Å². The van der Waals surface area contributed by atoms with Crippen LogP contribution in [0.25, 0.3) is 0 Å². The molecule has 0 saturated carbocycles. The third-order valence-electron chi connectivity index (χ3n) is 0.118. The second-order valence-corrected chi connectivity index (χ2v) is 0.901. The molecular formula is C2H6CoNS-. The van der Waals surface area contributed by atoms with Gasteiger partial charge in [0.15, 0.2) is 0 Å². The summed E-state index contributed by atoms with van der Waals surface area (Å²) in [5, 5.41) is 0. The van der Waals surface area contributed by atoms with E-state index < -0.39 is 0 Å².